The average molecular weight is 347 g/mol. The molecule has 3 aromatic carbocycles. The molecule has 0 fully saturated rings. The first-order chi connectivity index (χ1) is 12.6. The van der Waals surface area contributed by atoms with E-state index in [1.807, 2.05) is 68.4 Å². The van der Waals surface area contributed by atoms with Gasteiger partial charge in [0.15, 0.2) is 0 Å². The van der Waals surface area contributed by atoms with Crippen LogP contribution in [-0.4, -0.2) is 30.3 Å². The van der Waals surface area contributed by atoms with E-state index >= 15 is 0 Å². The van der Waals surface area contributed by atoms with Crippen LogP contribution in [0.15, 0.2) is 54.6 Å². The lowest BCUT2D eigenvalue weighted by atomic mass is 10.1. The first-order valence-electron chi connectivity index (χ1n) is 8.77. The van der Waals surface area contributed by atoms with E-state index in [-0.39, 0.29) is 19.1 Å². The number of ether oxygens (including phenoxy) is 1. The highest BCUT2D eigenvalue weighted by Crippen LogP contribution is 2.37. The van der Waals surface area contributed by atoms with Crippen molar-refractivity contribution in [3.05, 3.63) is 71.3 Å². The van der Waals surface area contributed by atoms with Crippen molar-refractivity contribution in [1.29, 1.82) is 0 Å². The number of hydrogen-bond acceptors (Lipinski definition) is 3. The molecule has 4 nitrogen and oxygen atoms in total. The van der Waals surface area contributed by atoms with Crippen LogP contribution in [-0.2, 0) is 0 Å². The van der Waals surface area contributed by atoms with Gasteiger partial charge in [-0.1, -0.05) is 42.5 Å². The van der Waals surface area contributed by atoms with Crippen molar-refractivity contribution in [3.8, 4) is 5.75 Å². The normalized spacial score (nSPS) is 14.1. The van der Waals surface area contributed by atoms with Crippen LogP contribution in [0.4, 0.5) is 5.69 Å². The molecule has 4 heteroatoms. The number of para-hydroxylation sites is 1. The zero-order valence-corrected chi connectivity index (χ0v) is 14.9. The fourth-order valence-corrected chi connectivity index (χ4v) is 3.63. The third kappa shape index (κ3) is 2.72. The van der Waals surface area contributed by atoms with Crippen molar-refractivity contribution < 1.29 is 14.6 Å². The number of carbonyl (C=O) groups is 1. The fraction of sp³-hybridized carbons (Fsp3) is 0.227. The van der Waals surface area contributed by atoms with Crippen LogP contribution in [0.5, 0.6) is 5.75 Å². The van der Waals surface area contributed by atoms with E-state index < -0.39 is 6.10 Å². The number of anilines is 1. The molecule has 0 radical (unpaired) electrons. The maximum absolute atomic E-state index is 12.8. The molecule has 1 aliphatic heterocycles. The Morgan fingerprint density at radius 3 is 2.38 bits per heavy atom. The standard InChI is InChI=1S/C22H21NO3/c1-14-6-3-7-15(2)21(14)26-13-17(24)12-23-19-11-5-9-16-8-4-10-18(20(16)19)22(23)25/h3-11,17,24H,12-13H2,1-2H3. The van der Waals surface area contributed by atoms with Gasteiger partial charge in [-0.15, -0.1) is 0 Å². The number of benzene rings is 3. The van der Waals surface area contributed by atoms with Crippen molar-refractivity contribution in [2.75, 3.05) is 18.1 Å². The van der Waals surface area contributed by atoms with E-state index in [4.69, 9.17) is 4.74 Å². The quantitative estimate of drug-likeness (QED) is 0.762. The maximum atomic E-state index is 12.8. The Balaban J connectivity index is 1.52. The molecule has 26 heavy (non-hydrogen) atoms. The minimum atomic E-state index is -0.775. The molecular weight excluding hydrogens is 326 g/mol. The summed E-state index contributed by atoms with van der Waals surface area (Å²) in [5.74, 6) is 0.729. The fourth-order valence-electron chi connectivity index (χ4n) is 3.63. The lowest BCUT2D eigenvalue weighted by Gasteiger charge is -2.22. The Kier molecular flexibility index (Phi) is 4.13. The lowest BCUT2D eigenvalue weighted by molar-refractivity contribution is 0.0912. The van der Waals surface area contributed by atoms with E-state index in [9.17, 15) is 9.90 Å². The minimum Gasteiger partial charge on any atom is -0.490 e. The highest BCUT2D eigenvalue weighted by atomic mass is 16.5. The van der Waals surface area contributed by atoms with Crippen LogP contribution < -0.4 is 9.64 Å². The van der Waals surface area contributed by atoms with Gasteiger partial charge >= 0.3 is 0 Å². The summed E-state index contributed by atoms with van der Waals surface area (Å²) >= 11 is 0. The van der Waals surface area contributed by atoms with E-state index in [0.29, 0.717) is 5.56 Å². The Bertz CT molecular complexity index is 970. The van der Waals surface area contributed by atoms with Crippen molar-refractivity contribution in [2.24, 2.45) is 0 Å². The van der Waals surface area contributed by atoms with Crippen LogP contribution >= 0.6 is 0 Å². The summed E-state index contributed by atoms with van der Waals surface area (Å²) in [6, 6.07) is 17.5. The smallest absolute Gasteiger partial charge is 0.259 e. The molecule has 1 N–H and O–H groups in total. The molecular formula is C22H21NO3. The van der Waals surface area contributed by atoms with Gasteiger partial charge in [-0.05, 0) is 42.5 Å². The van der Waals surface area contributed by atoms with Crippen molar-refractivity contribution >= 4 is 22.4 Å². The van der Waals surface area contributed by atoms with Crippen LogP contribution in [0.3, 0.4) is 0 Å². The van der Waals surface area contributed by atoms with Crippen molar-refractivity contribution in [2.45, 2.75) is 20.0 Å². The molecule has 1 heterocycles. The molecule has 0 spiro atoms. The molecule has 3 aromatic rings. The molecule has 0 saturated heterocycles. The van der Waals surface area contributed by atoms with Crippen LogP contribution in [0.1, 0.15) is 21.5 Å². The molecule has 1 atom stereocenters. The molecule has 0 aliphatic carbocycles. The van der Waals surface area contributed by atoms with Gasteiger partial charge in [0.1, 0.15) is 18.5 Å². The molecule has 1 aliphatic rings. The second kappa shape index (κ2) is 6.46. The summed E-state index contributed by atoms with van der Waals surface area (Å²) < 4.78 is 5.84. The topological polar surface area (TPSA) is 49.8 Å². The number of β-amino-alcohol motifs (C(OH)–C–C–N with tert-alkyl or cyclic N) is 1. The van der Waals surface area contributed by atoms with Gasteiger partial charge in [0.05, 0.1) is 12.2 Å². The number of amides is 1. The monoisotopic (exact) mass is 347 g/mol. The summed E-state index contributed by atoms with van der Waals surface area (Å²) in [7, 11) is 0. The predicted octanol–water partition coefficient (Wildman–Crippen LogP) is 3.86. The van der Waals surface area contributed by atoms with E-state index in [1.54, 1.807) is 4.90 Å². The third-order valence-corrected chi connectivity index (χ3v) is 4.87. The molecule has 1 unspecified atom stereocenters. The van der Waals surface area contributed by atoms with Gasteiger partial charge in [0.2, 0.25) is 0 Å². The Morgan fingerprint density at radius 1 is 1.00 bits per heavy atom. The summed E-state index contributed by atoms with van der Waals surface area (Å²) in [5.41, 5.74) is 3.62. The van der Waals surface area contributed by atoms with Gasteiger partial charge in [-0.2, -0.15) is 0 Å². The second-order valence-electron chi connectivity index (χ2n) is 6.78. The molecule has 0 aromatic heterocycles. The number of rotatable bonds is 5. The lowest BCUT2D eigenvalue weighted by Crippen LogP contribution is -2.37. The zero-order valence-electron chi connectivity index (χ0n) is 14.9. The van der Waals surface area contributed by atoms with Crippen molar-refractivity contribution in [3.63, 3.8) is 0 Å². The SMILES string of the molecule is Cc1cccc(C)c1OCC(O)CN1C(=O)c2cccc3cccc1c23. The first kappa shape index (κ1) is 16.6. The first-order valence-corrected chi connectivity index (χ1v) is 8.77. The zero-order chi connectivity index (χ0) is 18.3. The van der Waals surface area contributed by atoms with E-state index in [1.165, 1.54) is 0 Å². The number of aryl methyl sites for hydroxylation is 2. The number of aliphatic hydroxyl groups is 1. The predicted molar refractivity (Wildman–Crippen MR) is 103 cm³/mol. The maximum Gasteiger partial charge on any atom is 0.259 e. The summed E-state index contributed by atoms with van der Waals surface area (Å²) in [6.45, 7) is 4.31. The van der Waals surface area contributed by atoms with Gasteiger partial charge in [-0.25, -0.2) is 0 Å². The van der Waals surface area contributed by atoms with Crippen LogP contribution in [0.25, 0.3) is 10.8 Å². The number of hydrogen-bond donors (Lipinski definition) is 1. The molecule has 4 rings (SSSR count). The van der Waals surface area contributed by atoms with Gasteiger partial charge in [0.25, 0.3) is 5.91 Å². The van der Waals surface area contributed by atoms with Gasteiger partial charge < -0.3 is 14.7 Å². The highest BCUT2D eigenvalue weighted by Gasteiger charge is 2.30. The van der Waals surface area contributed by atoms with Crippen molar-refractivity contribution in [1.82, 2.24) is 0 Å². The highest BCUT2D eigenvalue weighted by molar-refractivity contribution is 6.25. The van der Waals surface area contributed by atoms with E-state index in [2.05, 4.69) is 0 Å². The Labute approximate surface area is 152 Å². The summed E-state index contributed by atoms with van der Waals surface area (Å²) in [4.78, 5) is 14.4. The van der Waals surface area contributed by atoms with Crippen LogP contribution in [0, 0.1) is 13.8 Å². The minimum absolute atomic E-state index is 0.0667. The second-order valence-corrected chi connectivity index (χ2v) is 6.78. The third-order valence-electron chi connectivity index (χ3n) is 4.87. The van der Waals surface area contributed by atoms with E-state index in [0.717, 1.165) is 33.3 Å². The molecule has 0 bridgehead atoms. The number of nitrogens with zero attached hydrogens (tertiary/aromatic N) is 1. The summed E-state index contributed by atoms with van der Waals surface area (Å²) in [5, 5.41) is 12.5. The molecule has 0 saturated carbocycles. The van der Waals surface area contributed by atoms with Crippen LogP contribution in [0.2, 0.25) is 0 Å². The van der Waals surface area contributed by atoms with Gasteiger partial charge in [-0.3, -0.25) is 4.79 Å². The molecule has 1 amide bonds. The Morgan fingerprint density at radius 2 is 1.65 bits per heavy atom. The Hall–Kier alpha value is -2.85. The number of carbonyl (C=O) groups excluding carboxylic acids is 1. The average Bonchev–Trinajstić information content (AvgIpc) is 2.89. The van der Waals surface area contributed by atoms with Gasteiger partial charge in [0, 0.05) is 10.9 Å². The molecule has 132 valence electrons. The largest absolute Gasteiger partial charge is 0.490 e. The summed E-state index contributed by atoms with van der Waals surface area (Å²) in [6.07, 6.45) is -0.775. The number of aliphatic hydroxyl groups excluding tert-OH is 1.